The molecule has 3 heterocycles. The number of nitrogens with one attached hydrogen (secondary N) is 1. The molecule has 1 N–H and O–H groups in total. The van der Waals surface area contributed by atoms with Gasteiger partial charge in [0.05, 0.1) is 12.0 Å². The Hall–Kier alpha value is -4.77. The van der Waals surface area contributed by atoms with Crippen molar-refractivity contribution in [3.05, 3.63) is 142 Å². The Kier molecular flexibility index (Phi) is 6.19. The Balaban J connectivity index is 1.50. The Bertz CT molecular complexity index is 1750. The van der Waals surface area contributed by atoms with Crippen molar-refractivity contribution < 1.29 is 14.4 Å². The number of Topliss-reactive ketones (excluding diaryl/α,β-unsaturated/α-hetero) is 2. The fourth-order valence-corrected chi connectivity index (χ4v) is 7.36. The van der Waals surface area contributed by atoms with Gasteiger partial charge < -0.3 is 10.2 Å². The zero-order valence-electron chi connectivity index (χ0n) is 23.7. The maximum Gasteiger partial charge on any atom is 0.238 e. The number of carbonyl (C=O) groups excluding carboxylic acids is 3. The van der Waals surface area contributed by atoms with Gasteiger partial charge in [-0.05, 0) is 47.7 Å². The first-order valence-electron chi connectivity index (χ1n) is 14.6. The number of hydrogen-bond acceptors (Lipinski definition) is 4. The highest BCUT2D eigenvalue weighted by molar-refractivity contribution is 6.16. The van der Waals surface area contributed by atoms with Gasteiger partial charge in [0, 0.05) is 23.0 Å². The van der Waals surface area contributed by atoms with Gasteiger partial charge in [-0.1, -0.05) is 110 Å². The number of amides is 1. The van der Waals surface area contributed by atoms with Gasteiger partial charge in [-0.25, -0.2) is 0 Å². The van der Waals surface area contributed by atoms with Crippen molar-refractivity contribution in [1.82, 2.24) is 4.90 Å². The van der Waals surface area contributed by atoms with Crippen molar-refractivity contribution in [2.75, 3.05) is 5.32 Å². The van der Waals surface area contributed by atoms with Crippen LogP contribution in [0.2, 0.25) is 0 Å². The zero-order chi connectivity index (χ0) is 29.0. The summed E-state index contributed by atoms with van der Waals surface area (Å²) in [5.74, 6) is -1.58. The fourth-order valence-electron chi connectivity index (χ4n) is 7.36. The van der Waals surface area contributed by atoms with Crippen LogP contribution in [-0.2, 0) is 16.6 Å². The number of benzene rings is 4. The summed E-state index contributed by atoms with van der Waals surface area (Å²) in [4.78, 5) is 46.0. The molecule has 1 saturated heterocycles. The molecule has 0 aromatic heterocycles. The van der Waals surface area contributed by atoms with Gasteiger partial charge in [0.25, 0.3) is 0 Å². The molecule has 208 valence electrons. The number of fused-ring (bicyclic) bond motifs is 6. The first-order valence-corrected chi connectivity index (χ1v) is 14.6. The van der Waals surface area contributed by atoms with Crippen molar-refractivity contribution in [1.29, 1.82) is 0 Å². The van der Waals surface area contributed by atoms with Crippen molar-refractivity contribution in [2.24, 2.45) is 5.92 Å². The molecule has 3 aliphatic rings. The highest BCUT2D eigenvalue weighted by Gasteiger charge is 2.70. The number of carbonyl (C=O) groups is 3. The van der Waals surface area contributed by atoms with Crippen LogP contribution in [0.1, 0.15) is 67.9 Å². The minimum Gasteiger partial charge on any atom is -0.358 e. The molecule has 3 aliphatic heterocycles. The molecule has 0 saturated carbocycles. The molecule has 5 heteroatoms. The summed E-state index contributed by atoms with van der Waals surface area (Å²) < 4.78 is 0. The highest BCUT2D eigenvalue weighted by atomic mass is 16.2. The number of ketones is 2. The number of nitrogens with zero attached hydrogens (tertiary/aromatic N) is 1. The van der Waals surface area contributed by atoms with Crippen LogP contribution in [0.5, 0.6) is 0 Å². The summed E-state index contributed by atoms with van der Waals surface area (Å²) in [5, 5.41) is 3.11. The lowest BCUT2D eigenvalue weighted by Crippen LogP contribution is -2.49. The molecule has 0 radical (unpaired) electrons. The lowest BCUT2D eigenvalue weighted by Gasteiger charge is -2.38. The number of aryl methyl sites for hydroxylation is 2. The second-order valence-electron chi connectivity index (χ2n) is 11.6. The van der Waals surface area contributed by atoms with Gasteiger partial charge in [0.1, 0.15) is 11.5 Å². The predicted molar refractivity (Wildman–Crippen MR) is 164 cm³/mol. The number of hydrogen-bond donors (Lipinski definition) is 1. The monoisotopic (exact) mass is 552 g/mol. The lowest BCUT2D eigenvalue weighted by molar-refractivity contribution is -0.122. The van der Waals surface area contributed by atoms with Gasteiger partial charge in [-0.3, -0.25) is 14.4 Å². The van der Waals surface area contributed by atoms with Crippen LogP contribution in [-0.4, -0.2) is 28.4 Å². The Morgan fingerprint density at radius 2 is 1.50 bits per heavy atom. The van der Waals surface area contributed by atoms with E-state index in [2.05, 4.69) is 12.2 Å². The topological polar surface area (TPSA) is 66.5 Å². The molecule has 5 nitrogen and oxygen atoms in total. The molecule has 1 fully saturated rings. The fraction of sp³-hybridized carbons (Fsp3) is 0.216. The van der Waals surface area contributed by atoms with E-state index in [9.17, 15) is 14.4 Å². The zero-order valence-corrected chi connectivity index (χ0v) is 23.7. The molecule has 0 aliphatic carbocycles. The van der Waals surface area contributed by atoms with Gasteiger partial charge in [0.2, 0.25) is 5.91 Å². The quantitative estimate of drug-likeness (QED) is 0.264. The van der Waals surface area contributed by atoms with Crippen LogP contribution in [0.15, 0.2) is 103 Å². The molecular weight excluding hydrogens is 520 g/mol. The third-order valence-electron chi connectivity index (χ3n) is 9.23. The third kappa shape index (κ3) is 3.73. The van der Waals surface area contributed by atoms with Gasteiger partial charge in [0.15, 0.2) is 11.6 Å². The minimum atomic E-state index is -1.32. The van der Waals surface area contributed by atoms with E-state index in [1.165, 1.54) is 0 Å². The van der Waals surface area contributed by atoms with Crippen LogP contribution in [0, 0.1) is 12.8 Å². The van der Waals surface area contributed by atoms with Gasteiger partial charge in [-0.2, -0.15) is 0 Å². The summed E-state index contributed by atoms with van der Waals surface area (Å²) in [6.45, 7) is 4.10. The van der Waals surface area contributed by atoms with E-state index in [1.54, 1.807) is 0 Å². The van der Waals surface area contributed by atoms with Crippen molar-refractivity contribution in [2.45, 2.75) is 44.2 Å². The first-order chi connectivity index (χ1) is 20.4. The molecule has 4 atom stereocenters. The van der Waals surface area contributed by atoms with E-state index in [1.807, 2.05) is 121 Å². The van der Waals surface area contributed by atoms with Crippen LogP contribution >= 0.6 is 0 Å². The smallest absolute Gasteiger partial charge is 0.238 e. The summed E-state index contributed by atoms with van der Waals surface area (Å²) >= 11 is 0. The molecular formula is C37H32N2O3. The molecule has 4 aromatic carbocycles. The summed E-state index contributed by atoms with van der Waals surface area (Å²) in [6, 6.07) is 29.3. The van der Waals surface area contributed by atoms with Crippen LogP contribution in [0.3, 0.4) is 0 Å². The van der Waals surface area contributed by atoms with Crippen LogP contribution in [0.25, 0.3) is 6.08 Å². The van der Waals surface area contributed by atoms with E-state index < -0.39 is 23.4 Å². The van der Waals surface area contributed by atoms with Crippen molar-refractivity contribution in [3.8, 4) is 0 Å². The number of rotatable bonds is 6. The molecule has 7 rings (SSSR count). The van der Waals surface area contributed by atoms with Crippen molar-refractivity contribution >= 4 is 29.2 Å². The normalized spacial score (nSPS) is 23.3. The minimum absolute atomic E-state index is 0.168. The Morgan fingerprint density at radius 3 is 2.26 bits per heavy atom. The average Bonchev–Trinajstić information content (AvgIpc) is 3.49. The molecule has 42 heavy (non-hydrogen) atoms. The molecule has 0 bridgehead atoms. The van der Waals surface area contributed by atoms with Crippen molar-refractivity contribution in [3.63, 3.8) is 0 Å². The summed E-state index contributed by atoms with van der Waals surface area (Å²) in [5.41, 5.74) is 5.28. The molecule has 1 spiro atoms. The van der Waals surface area contributed by atoms with E-state index in [0.717, 1.165) is 40.7 Å². The summed E-state index contributed by atoms with van der Waals surface area (Å²) in [6.07, 6.45) is 5.83. The van der Waals surface area contributed by atoms with Crippen LogP contribution in [0.4, 0.5) is 5.69 Å². The molecule has 1 amide bonds. The maximum absolute atomic E-state index is 14.9. The maximum atomic E-state index is 14.9. The largest absolute Gasteiger partial charge is 0.358 e. The third-order valence-corrected chi connectivity index (χ3v) is 9.23. The SMILES string of the molecule is CCCc1ccc(C(=O)[C@H]2[C@H](C(=O)c3ccc(C)cc3)N3C=Cc4ccccc4[C@@H]3[C@]23C(=O)Nc2ccccc23)cc1. The lowest BCUT2D eigenvalue weighted by atomic mass is 9.62. The first kappa shape index (κ1) is 26.1. The molecule has 4 aromatic rings. The molecule has 0 unspecified atom stereocenters. The van der Waals surface area contributed by atoms with E-state index in [0.29, 0.717) is 16.8 Å². The van der Waals surface area contributed by atoms with Gasteiger partial charge in [-0.15, -0.1) is 0 Å². The van der Waals surface area contributed by atoms with E-state index in [4.69, 9.17) is 0 Å². The predicted octanol–water partition coefficient (Wildman–Crippen LogP) is 6.93. The van der Waals surface area contributed by atoms with Crippen LogP contribution < -0.4 is 5.32 Å². The van der Waals surface area contributed by atoms with E-state index >= 15 is 0 Å². The highest BCUT2D eigenvalue weighted by Crippen LogP contribution is 2.62. The Morgan fingerprint density at radius 1 is 0.833 bits per heavy atom. The van der Waals surface area contributed by atoms with E-state index in [-0.39, 0.29) is 17.5 Å². The van der Waals surface area contributed by atoms with Gasteiger partial charge >= 0.3 is 0 Å². The number of para-hydroxylation sites is 1. The number of anilines is 1. The summed E-state index contributed by atoms with van der Waals surface area (Å²) in [7, 11) is 0. The average molecular weight is 553 g/mol. The second-order valence-corrected chi connectivity index (χ2v) is 11.6. The second kappa shape index (κ2) is 9.95. The Labute approximate surface area is 245 Å². The standard InChI is InChI=1S/C37H32N2O3/c1-3-8-24-15-19-26(20-16-24)33(40)31-32(34(41)27-17-13-23(2)14-18-27)39-22-21-25-9-4-5-10-28(25)35(39)37(31)29-11-6-7-12-30(29)38-36(37)42/h4-7,9-22,31-32,35H,3,8H2,1-2H3,(H,38,42)/t31-,32-,35-,37-/m1/s1.